The van der Waals surface area contributed by atoms with E-state index in [0.717, 1.165) is 10.9 Å². The molecule has 0 saturated heterocycles. The first-order valence-electron chi connectivity index (χ1n) is 5.85. The van der Waals surface area contributed by atoms with Gasteiger partial charge in [-0.1, -0.05) is 28.1 Å². The second-order valence-corrected chi connectivity index (χ2v) is 7.06. The van der Waals surface area contributed by atoms with Crippen molar-refractivity contribution in [1.82, 2.24) is 5.32 Å². The molecule has 0 aromatic heterocycles. The molecular weight excluding hydrogens is 316 g/mol. The lowest BCUT2D eigenvalue weighted by molar-refractivity contribution is 0.539. The zero-order chi connectivity index (χ0) is 13.6. The van der Waals surface area contributed by atoms with Gasteiger partial charge >= 0.3 is 0 Å². The van der Waals surface area contributed by atoms with E-state index in [-0.39, 0.29) is 5.75 Å². The van der Waals surface area contributed by atoms with Gasteiger partial charge < -0.3 is 5.32 Å². The predicted molar refractivity (Wildman–Crippen MR) is 77.9 cm³/mol. The fraction of sp³-hybridized carbons (Fsp3) is 0.500. The third kappa shape index (κ3) is 7.10. The fourth-order valence-corrected chi connectivity index (χ4v) is 2.48. The molecule has 6 heteroatoms. The SMILES string of the molecule is CC(Cc1ccc(Br)cc1)NCCCS(N)(=O)=O. The van der Waals surface area contributed by atoms with Gasteiger partial charge in [-0.3, -0.25) is 0 Å². The number of hydrogen-bond acceptors (Lipinski definition) is 3. The van der Waals surface area contributed by atoms with Crippen molar-refractivity contribution in [3.8, 4) is 0 Å². The lowest BCUT2D eigenvalue weighted by Crippen LogP contribution is -2.30. The summed E-state index contributed by atoms with van der Waals surface area (Å²) in [5.74, 6) is 0.0327. The minimum atomic E-state index is -3.33. The molecule has 1 aromatic rings. The van der Waals surface area contributed by atoms with Gasteiger partial charge in [0.15, 0.2) is 0 Å². The van der Waals surface area contributed by atoms with Crippen molar-refractivity contribution in [3.05, 3.63) is 34.3 Å². The molecule has 0 spiro atoms. The van der Waals surface area contributed by atoms with E-state index < -0.39 is 10.0 Å². The highest BCUT2D eigenvalue weighted by atomic mass is 79.9. The molecule has 0 aliphatic rings. The number of hydrogen-bond donors (Lipinski definition) is 2. The molecule has 102 valence electrons. The van der Waals surface area contributed by atoms with Gasteiger partial charge in [-0.2, -0.15) is 0 Å². The van der Waals surface area contributed by atoms with Gasteiger partial charge in [0, 0.05) is 10.5 Å². The quantitative estimate of drug-likeness (QED) is 0.744. The summed E-state index contributed by atoms with van der Waals surface area (Å²) in [5.41, 5.74) is 1.25. The zero-order valence-corrected chi connectivity index (χ0v) is 12.8. The third-order valence-electron chi connectivity index (χ3n) is 2.55. The molecule has 1 atom stereocenters. The molecule has 0 heterocycles. The molecule has 0 aliphatic carbocycles. The van der Waals surface area contributed by atoms with Gasteiger partial charge in [-0.15, -0.1) is 0 Å². The van der Waals surface area contributed by atoms with E-state index in [9.17, 15) is 8.42 Å². The monoisotopic (exact) mass is 334 g/mol. The molecule has 4 nitrogen and oxygen atoms in total. The van der Waals surface area contributed by atoms with Gasteiger partial charge in [-0.05, 0) is 44.0 Å². The molecular formula is C12H19BrN2O2S. The Bertz CT molecular complexity index is 459. The van der Waals surface area contributed by atoms with Crippen molar-refractivity contribution in [2.24, 2.45) is 5.14 Å². The van der Waals surface area contributed by atoms with E-state index in [0.29, 0.717) is 19.0 Å². The highest BCUT2D eigenvalue weighted by Crippen LogP contribution is 2.11. The first kappa shape index (κ1) is 15.6. The van der Waals surface area contributed by atoms with Crippen molar-refractivity contribution in [3.63, 3.8) is 0 Å². The molecule has 0 radical (unpaired) electrons. The summed E-state index contributed by atoms with van der Waals surface area (Å²) in [4.78, 5) is 0. The van der Waals surface area contributed by atoms with Crippen LogP contribution in [-0.4, -0.2) is 26.8 Å². The smallest absolute Gasteiger partial charge is 0.209 e. The molecule has 0 fully saturated rings. The van der Waals surface area contributed by atoms with Crippen LogP contribution in [0.4, 0.5) is 0 Å². The van der Waals surface area contributed by atoms with Crippen LogP contribution in [0, 0.1) is 0 Å². The largest absolute Gasteiger partial charge is 0.314 e. The predicted octanol–water partition coefficient (Wildman–Crippen LogP) is 1.65. The normalized spacial score (nSPS) is 13.5. The molecule has 1 rings (SSSR count). The van der Waals surface area contributed by atoms with Gasteiger partial charge in [0.25, 0.3) is 0 Å². The molecule has 0 bridgehead atoms. The number of rotatable bonds is 7. The Morgan fingerprint density at radius 1 is 1.33 bits per heavy atom. The number of primary sulfonamides is 1. The molecule has 0 saturated carbocycles. The number of nitrogens with two attached hydrogens (primary N) is 1. The van der Waals surface area contributed by atoms with Crippen molar-refractivity contribution in [1.29, 1.82) is 0 Å². The molecule has 0 aliphatic heterocycles. The van der Waals surface area contributed by atoms with E-state index in [4.69, 9.17) is 5.14 Å². The lowest BCUT2D eigenvalue weighted by Gasteiger charge is -2.13. The van der Waals surface area contributed by atoms with E-state index in [1.165, 1.54) is 5.56 Å². The Hall–Kier alpha value is -0.430. The van der Waals surface area contributed by atoms with Gasteiger partial charge in [0.1, 0.15) is 0 Å². The van der Waals surface area contributed by atoms with Crippen LogP contribution in [0.2, 0.25) is 0 Å². The molecule has 18 heavy (non-hydrogen) atoms. The summed E-state index contributed by atoms with van der Waals surface area (Å²) in [6.45, 7) is 2.74. The van der Waals surface area contributed by atoms with Crippen molar-refractivity contribution in [2.75, 3.05) is 12.3 Å². The Morgan fingerprint density at radius 2 is 1.94 bits per heavy atom. The van der Waals surface area contributed by atoms with Crippen LogP contribution in [0.5, 0.6) is 0 Å². The average molecular weight is 335 g/mol. The Balaban J connectivity index is 2.25. The Morgan fingerprint density at radius 3 is 2.50 bits per heavy atom. The van der Waals surface area contributed by atoms with Gasteiger partial charge in [0.2, 0.25) is 10.0 Å². The summed E-state index contributed by atoms with van der Waals surface area (Å²) in [7, 11) is -3.33. The topological polar surface area (TPSA) is 72.2 Å². The maximum absolute atomic E-state index is 10.7. The summed E-state index contributed by atoms with van der Waals surface area (Å²) >= 11 is 3.40. The van der Waals surface area contributed by atoms with E-state index in [1.54, 1.807) is 0 Å². The molecule has 3 N–H and O–H groups in total. The van der Waals surface area contributed by atoms with Crippen LogP contribution in [-0.2, 0) is 16.4 Å². The zero-order valence-electron chi connectivity index (χ0n) is 10.4. The maximum atomic E-state index is 10.7. The second-order valence-electron chi connectivity index (χ2n) is 4.41. The van der Waals surface area contributed by atoms with E-state index in [2.05, 4.69) is 40.3 Å². The average Bonchev–Trinajstić information content (AvgIpc) is 2.26. The number of benzene rings is 1. The number of sulfonamides is 1. The van der Waals surface area contributed by atoms with Crippen LogP contribution in [0.15, 0.2) is 28.7 Å². The summed E-state index contributed by atoms with van der Waals surface area (Å²) in [6, 6.07) is 8.50. The molecule has 0 amide bonds. The van der Waals surface area contributed by atoms with Gasteiger partial charge in [-0.25, -0.2) is 13.6 Å². The highest BCUT2D eigenvalue weighted by molar-refractivity contribution is 9.10. The minimum absolute atomic E-state index is 0.0327. The van der Waals surface area contributed by atoms with Crippen LogP contribution in [0.25, 0.3) is 0 Å². The standard InChI is InChI=1S/C12H19BrN2O2S/c1-10(15-7-2-8-18(14,16)17)9-11-3-5-12(13)6-4-11/h3-6,10,15H,2,7-9H2,1H3,(H2,14,16,17). The summed E-state index contributed by atoms with van der Waals surface area (Å²) in [6.07, 6.45) is 1.46. The Kier molecular flexibility index (Phi) is 6.28. The summed E-state index contributed by atoms with van der Waals surface area (Å²) in [5, 5.41) is 8.22. The van der Waals surface area contributed by atoms with Crippen LogP contribution in [0.3, 0.4) is 0 Å². The number of halogens is 1. The molecule has 1 unspecified atom stereocenters. The van der Waals surface area contributed by atoms with E-state index >= 15 is 0 Å². The van der Waals surface area contributed by atoms with Crippen LogP contribution < -0.4 is 10.5 Å². The van der Waals surface area contributed by atoms with E-state index in [1.807, 2.05) is 12.1 Å². The first-order chi connectivity index (χ1) is 8.37. The minimum Gasteiger partial charge on any atom is -0.314 e. The fourth-order valence-electron chi connectivity index (χ4n) is 1.67. The van der Waals surface area contributed by atoms with Crippen molar-refractivity contribution >= 4 is 26.0 Å². The second kappa shape index (κ2) is 7.23. The maximum Gasteiger partial charge on any atom is 0.209 e. The molecule has 1 aromatic carbocycles. The third-order valence-corrected chi connectivity index (χ3v) is 3.94. The van der Waals surface area contributed by atoms with Gasteiger partial charge in [0.05, 0.1) is 5.75 Å². The first-order valence-corrected chi connectivity index (χ1v) is 8.36. The summed E-state index contributed by atoms with van der Waals surface area (Å²) < 4.78 is 22.6. The van der Waals surface area contributed by atoms with Crippen LogP contribution in [0.1, 0.15) is 18.9 Å². The lowest BCUT2D eigenvalue weighted by atomic mass is 10.1. The van der Waals surface area contributed by atoms with Crippen molar-refractivity contribution in [2.45, 2.75) is 25.8 Å². The van der Waals surface area contributed by atoms with Crippen molar-refractivity contribution < 1.29 is 8.42 Å². The highest BCUT2D eigenvalue weighted by Gasteiger charge is 2.05. The number of nitrogens with one attached hydrogen (secondary N) is 1. The Labute approximate surface area is 117 Å². The van der Waals surface area contributed by atoms with Crippen LogP contribution >= 0.6 is 15.9 Å².